The molecular weight excluding hydrogens is 198 g/mol. The Morgan fingerprint density at radius 2 is 2.29 bits per heavy atom. The van der Waals surface area contributed by atoms with Crippen molar-refractivity contribution in [2.75, 3.05) is 25.4 Å². The Bertz CT molecular complexity index is 199. The molecule has 4 heteroatoms. The van der Waals surface area contributed by atoms with Gasteiger partial charge in [0.05, 0.1) is 13.2 Å². The lowest BCUT2D eigenvalue weighted by atomic mass is 10.2. The molecule has 0 aromatic rings. The maximum absolute atomic E-state index is 11.3. The molecule has 1 heterocycles. The maximum atomic E-state index is 11.3. The monoisotopic (exact) mass is 217 g/mol. The summed E-state index contributed by atoms with van der Waals surface area (Å²) in [6, 6.07) is 0.471. The first-order valence-corrected chi connectivity index (χ1v) is 6.21. The fourth-order valence-electron chi connectivity index (χ4n) is 1.59. The van der Waals surface area contributed by atoms with Gasteiger partial charge in [-0.05, 0) is 13.8 Å². The number of carbonyl (C=O) groups excluding carboxylic acids is 1. The van der Waals surface area contributed by atoms with Gasteiger partial charge < -0.3 is 4.74 Å². The van der Waals surface area contributed by atoms with E-state index in [0.717, 1.165) is 12.3 Å². The van der Waals surface area contributed by atoms with Crippen LogP contribution in [0.25, 0.3) is 0 Å². The third-order valence-corrected chi connectivity index (χ3v) is 3.99. The molecule has 0 amide bonds. The van der Waals surface area contributed by atoms with Gasteiger partial charge in [0.25, 0.3) is 0 Å². The highest BCUT2D eigenvalue weighted by atomic mass is 32.2. The maximum Gasteiger partial charge on any atom is 0.320 e. The van der Waals surface area contributed by atoms with Crippen LogP contribution in [0, 0.1) is 0 Å². The number of hydrogen-bond acceptors (Lipinski definition) is 4. The van der Waals surface area contributed by atoms with E-state index in [4.69, 9.17) is 4.74 Å². The molecule has 0 N–H and O–H groups in total. The van der Waals surface area contributed by atoms with Gasteiger partial charge in [-0.2, -0.15) is 11.8 Å². The first-order chi connectivity index (χ1) is 6.65. The highest BCUT2D eigenvalue weighted by molar-refractivity contribution is 8.00. The highest BCUT2D eigenvalue weighted by Gasteiger charge is 2.26. The zero-order chi connectivity index (χ0) is 10.6. The predicted molar refractivity (Wildman–Crippen MR) is 59.6 cm³/mol. The van der Waals surface area contributed by atoms with E-state index in [9.17, 15) is 4.79 Å². The van der Waals surface area contributed by atoms with Gasteiger partial charge in [-0.3, -0.25) is 9.69 Å². The molecule has 0 spiro atoms. The van der Waals surface area contributed by atoms with Crippen molar-refractivity contribution in [3.63, 3.8) is 0 Å². The van der Waals surface area contributed by atoms with Crippen LogP contribution in [-0.2, 0) is 9.53 Å². The van der Waals surface area contributed by atoms with Gasteiger partial charge in [-0.1, -0.05) is 6.92 Å². The average molecular weight is 217 g/mol. The van der Waals surface area contributed by atoms with E-state index in [1.165, 1.54) is 0 Å². The lowest BCUT2D eigenvalue weighted by Crippen LogP contribution is -2.47. The Balaban J connectivity index is 2.39. The Labute approximate surface area is 90.2 Å². The van der Waals surface area contributed by atoms with E-state index in [1.54, 1.807) is 0 Å². The average Bonchev–Trinajstić information content (AvgIpc) is 2.13. The van der Waals surface area contributed by atoms with Crippen molar-refractivity contribution in [2.24, 2.45) is 0 Å². The van der Waals surface area contributed by atoms with Crippen molar-refractivity contribution in [3.8, 4) is 0 Å². The number of esters is 1. The number of ether oxygens (including phenoxy) is 1. The van der Waals surface area contributed by atoms with Crippen LogP contribution in [0.3, 0.4) is 0 Å². The van der Waals surface area contributed by atoms with Gasteiger partial charge in [0, 0.05) is 23.6 Å². The van der Waals surface area contributed by atoms with Crippen molar-refractivity contribution in [1.82, 2.24) is 4.90 Å². The van der Waals surface area contributed by atoms with Gasteiger partial charge in [0.1, 0.15) is 0 Å². The first-order valence-electron chi connectivity index (χ1n) is 5.16. The van der Waals surface area contributed by atoms with Gasteiger partial charge in [-0.15, -0.1) is 0 Å². The van der Waals surface area contributed by atoms with Crippen molar-refractivity contribution in [1.29, 1.82) is 0 Å². The van der Waals surface area contributed by atoms with Crippen LogP contribution in [0.15, 0.2) is 0 Å². The largest absolute Gasteiger partial charge is 0.465 e. The zero-order valence-electron chi connectivity index (χ0n) is 9.16. The summed E-state index contributed by atoms with van der Waals surface area (Å²) < 4.78 is 4.94. The van der Waals surface area contributed by atoms with Crippen LogP contribution in [0.5, 0.6) is 0 Å². The SMILES string of the molecule is CCOC(=O)CN1CCSC(C)C1C. The van der Waals surface area contributed by atoms with Crippen LogP contribution < -0.4 is 0 Å². The minimum Gasteiger partial charge on any atom is -0.465 e. The normalized spacial score (nSPS) is 28.8. The second-order valence-corrected chi connectivity index (χ2v) is 5.08. The van der Waals surface area contributed by atoms with Gasteiger partial charge >= 0.3 is 5.97 Å². The minimum atomic E-state index is -0.0987. The third-order valence-electron chi connectivity index (χ3n) is 2.65. The summed E-state index contributed by atoms with van der Waals surface area (Å²) in [5.41, 5.74) is 0. The van der Waals surface area contributed by atoms with Crippen molar-refractivity contribution >= 4 is 17.7 Å². The fourth-order valence-corrected chi connectivity index (χ4v) is 2.75. The molecule has 1 fully saturated rings. The quantitative estimate of drug-likeness (QED) is 0.668. The summed E-state index contributed by atoms with van der Waals surface area (Å²) in [6.07, 6.45) is 0. The molecule has 2 unspecified atom stereocenters. The number of carbonyl (C=O) groups is 1. The van der Waals surface area contributed by atoms with Crippen molar-refractivity contribution in [2.45, 2.75) is 32.1 Å². The molecule has 82 valence electrons. The molecule has 3 nitrogen and oxygen atoms in total. The summed E-state index contributed by atoms with van der Waals surface area (Å²) in [5, 5.41) is 0.609. The van der Waals surface area contributed by atoms with E-state index >= 15 is 0 Å². The summed E-state index contributed by atoms with van der Waals surface area (Å²) in [7, 11) is 0. The lowest BCUT2D eigenvalue weighted by Gasteiger charge is -2.36. The van der Waals surface area contributed by atoms with E-state index in [0.29, 0.717) is 24.4 Å². The van der Waals surface area contributed by atoms with Gasteiger partial charge in [-0.25, -0.2) is 0 Å². The Hall–Kier alpha value is -0.220. The van der Waals surface area contributed by atoms with E-state index in [2.05, 4.69) is 18.7 Å². The third kappa shape index (κ3) is 3.17. The van der Waals surface area contributed by atoms with E-state index in [1.807, 2.05) is 18.7 Å². The minimum absolute atomic E-state index is 0.0987. The second-order valence-electron chi connectivity index (χ2n) is 3.59. The topological polar surface area (TPSA) is 29.5 Å². The molecule has 14 heavy (non-hydrogen) atoms. The highest BCUT2D eigenvalue weighted by Crippen LogP contribution is 2.23. The number of thioether (sulfide) groups is 1. The first kappa shape index (κ1) is 11.9. The van der Waals surface area contributed by atoms with Crippen LogP contribution in [0.1, 0.15) is 20.8 Å². The molecule has 1 aliphatic rings. The molecule has 0 aromatic heterocycles. The predicted octanol–water partition coefficient (Wildman–Crippen LogP) is 1.38. The van der Waals surface area contributed by atoms with Crippen molar-refractivity contribution < 1.29 is 9.53 Å². The molecular formula is C10H19NO2S. The second kappa shape index (κ2) is 5.61. The van der Waals surface area contributed by atoms with Crippen molar-refractivity contribution in [3.05, 3.63) is 0 Å². The smallest absolute Gasteiger partial charge is 0.320 e. The zero-order valence-corrected chi connectivity index (χ0v) is 9.97. The van der Waals surface area contributed by atoms with Crippen LogP contribution >= 0.6 is 11.8 Å². The van der Waals surface area contributed by atoms with Crippen LogP contribution in [-0.4, -0.2) is 47.6 Å². The number of hydrogen-bond donors (Lipinski definition) is 0. The molecule has 0 aromatic carbocycles. The Morgan fingerprint density at radius 1 is 1.57 bits per heavy atom. The number of nitrogens with zero attached hydrogens (tertiary/aromatic N) is 1. The summed E-state index contributed by atoms with van der Waals surface area (Å²) >= 11 is 1.98. The van der Waals surface area contributed by atoms with Crippen LogP contribution in [0.4, 0.5) is 0 Å². The van der Waals surface area contributed by atoms with E-state index in [-0.39, 0.29) is 5.97 Å². The molecule has 1 aliphatic heterocycles. The Kier molecular flexibility index (Phi) is 4.75. The summed E-state index contributed by atoms with van der Waals surface area (Å²) in [5.74, 6) is 1.02. The van der Waals surface area contributed by atoms with Gasteiger partial charge in [0.2, 0.25) is 0 Å². The molecule has 1 rings (SSSR count). The van der Waals surface area contributed by atoms with Crippen LogP contribution in [0.2, 0.25) is 0 Å². The fraction of sp³-hybridized carbons (Fsp3) is 0.900. The Morgan fingerprint density at radius 3 is 2.93 bits per heavy atom. The summed E-state index contributed by atoms with van der Waals surface area (Å²) in [6.45, 7) is 8.15. The molecule has 0 aliphatic carbocycles. The molecule has 0 saturated carbocycles. The molecule has 2 atom stereocenters. The summed E-state index contributed by atoms with van der Waals surface area (Å²) in [4.78, 5) is 13.5. The molecule has 1 saturated heterocycles. The molecule has 0 bridgehead atoms. The number of rotatable bonds is 3. The van der Waals surface area contributed by atoms with E-state index < -0.39 is 0 Å². The van der Waals surface area contributed by atoms with Gasteiger partial charge in [0.15, 0.2) is 0 Å². The lowest BCUT2D eigenvalue weighted by molar-refractivity contribution is -0.144. The molecule has 0 radical (unpaired) electrons. The standard InChI is InChI=1S/C10H19NO2S/c1-4-13-10(12)7-11-5-6-14-9(3)8(11)2/h8-9H,4-7H2,1-3H3.